The third-order valence-corrected chi connectivity index (χ3v) is 1.66. The molecule has 0 aliphatic heterocycles. The Morgan fingerprint density at radius 1 is 1.54 bits per heavy atom. The highest BCUT2D eigenvalue weighted by atomic mass is 19.1. The molecule has 0 saturated heterocycles. The Kier molecular flexibility index (Phi) is 3.22. The molecule has 0 atom stereocenters. The van der Waals surface area contributed by atoms with Crippen LogP contribution in [0.15, 0.2) is 24.3 Å². The molecule has 0 radical (unpaired) electrons. The number of benzene rings is 1. The standard InChI is InChI=1S/C11H10FN/c1-2-3-4-10-6-5-9(8-13)7-11(10)12/h3-7H,2H2,1H3. The quantitative estimate of drug-likeness (QED) is 0.677. The molecule has 66 valence electrons. The number of allylic oxidation sites excluding steroid dienone is 1. The first-order valence-electron chi connectivity index (χ1n) is 4.14. The van der Waals surface area contributed by atoms with Crippen LogP contribution in [0.1, 0.15) is 24.5 Å². The van der Waals surface area contributed by atoms with Crippen molar-refractivity contribution in [2.24, 2.45) is 0 Å². The van der Waals surface area contributed by atoms with Crippen LogP contribution in [-0.4, -0.2) is 0 Å². The van der Waals surface area contributed by atoms with Gasteiger partial charge in [0.15, 0.2) is 0 Å². The SMILES string of the molecule is CCC=Cc1ccc(C#N)cc1F. The van der Waals surface area contributed by atoms with E-state index < -0.39 is 0 Å². The zero-order valence-electron chi connectivity index (χ0n) is 7.42. The lowest BCUT2D eigenvalue weighted by Crippen LogP contribution is -1.83. The summed E-state index contributed by atoms with van der Waals surface area (Å²) in [7, 11) is 0. The normalized spacial score (nSPS) is 10.2. The minimum atomic E-state index is -0.344. The Bertz CT molecular complexity index is 361. The summed E-state index contributed by atoms with van der Waals surface area (Å²) in [5, 5.41) is 8.49. The van der Waals surface area contributed by atoms with E-state index in [1.807, 2.05) is 19.1 Å². The lowest BCUT2D eigenvalue weighted by atomic mass is 10.1. The van der Waals surface area contributed by atoms with Crippen molar-refractivity contribution in [1.29, 1.82) is 5.26 Å². The van der Waals surface area contributed by atoms with Gasteiger partial charge in [0.2, 0.25) is 0 Å². The smallest absolute Gasteiger partial charge is 0.131 e. The highest BCUT2D eigenvalue weighted by Gasteiger charge is 1.98. The van der Waals surface area contributed by atoms with E-state index in [4.69, 9.17) is 5.26 Å². The second-order valence-corrected chi connectivity index (χ2v) is 2.66. The van der Waals surface area contributed by atoms with E-state index in [1.165, 1.54) is 6.07 Å². The largest absolute Gasteiger partial charge is 0.206 e. The fourth-order valence-electron chi connectivity index (χ4n) is 0.977. The van der Waals surface area contributed by atoms with Crippen LogP contribution < -0.4 is 0 Å². The minimum absolute atomic E-state index is 0.344. The Labute approximate surface area is 77.1 Å². The summed E-state index contributed by atoms with van der Waals surface area (Å²) in [6, 6.07) is 6.35. The Hall–Kier alpha value is -1.62. The predicted octanol–water partition coefficient (Wildman–Crippen LogP) is 3.12. The fraction of sp³-hybridized carbons (Fsp3) is 0.182. The van der Waals surface area contributed by atoms with Crippen molar-refractivity contribution < 1.29 is 4.39 Å². The number of nitrogens with zero attached hydrogens (tertiary/aromatic N) is 1. The van der Waals surface area contributed by atoms with E-state index in [-0.39, 0.29) is 5.82 Å². The van der Waals surface area contributed by atoms with E-state index in [0.717, 1.165) is 6.42 Å². The number of rotatable bonds is 2. The van der Waals surface area contributed by atoms with Crippen molar-refractivity contribution in [3.05, 3.63) is 41.2 Å². The van der Waals surface area contributed by atoms with Crippen LogP contribution >= 0.6 is 0 Å². The van der Waals surface area contributed by atoms with Gasteiger partial charge in [0, 0.05) is 5.56 Å². The van der Waals surface area contributed by atoms with Gasteiger partial charge < -0.3 is 0 Å². The predicted molar refractivity (Wildman–Crippen MR) is 50.4 cm³/mol. The summed E-state index contributed by atoms with van der Waals surface area (Å²) in [5.41, 5.74) is 0.881. The first kappa shape index (κ1) is 9.47. The van der Waals surface area contributed by atoms with Crippen molar-refractivity contribution in [1.82, 2.24) is 0 Å². The highest BCUT2D eigenvalue weighted by Crippen LogP contribution is 2.11. The molecular formula is C11H10FN. The van der Waals surface area contributed by atoms with E-state index in [9.17, 15) is 4.39 Å². The second kappa shape index (κ2) is 4.42. The Morgan fingerprint density at radius 3 is 2.85 bits per heavy atom. The molecular weight excluding hydrogens is 165 g/mol. The van der Waals surface area contributed by atoms with Gasteiger partial charge >= 0.3 is 0 Å². The van der Waals surface area contributed by atoms with Crippen LogP contribution in [0.5, 0.6) is 0 Å². The molecule has 0 spiro atoms. The number of halogens is 1. The Balaban J connectivity index is 3.00. The first-order chi connectivity index (χ1) is 6.27. The van der Waals surface area contributed by atoms with Gasteiger partial charge in [-0.25, -0.2) is 4.39 Å². The molecule has 0 aliphatic rings. The summed E-state index contributed by atoms with van der Waals surface area (Å²) in [6.07, 6.45) is 4.47. The highest BCUT2D eigenvalue weighted by molar-refractivity contribution is 5.51. The molecule has 1 nitrogen and oxygen atoms in total. The molecule has 0 saturated carbocycles. The molecule has 0 aliphatic carbocycles. The Morgan fingerprint density at radius 2 is 2.31 bits per heavy atom. The summed E-state index contributed by atoms with van der Waals surface area (Å²) < 4.78 is 13.2. The van der Waals surface area contributed by atoms with Crippen LogP contribution in [0.4, 0.5) is 4.39 Å². The lowest BCUT2D eigenvalue weighted by molar-refractivity contribution is 0.624. The van der Waals surface area contributed by atoms with Gasteiger partial charge in [-0.3, -0.25) is 0 Å². The fourth-order valence-corrected chi connectivity index (χ4v) is 0.977. The summed E-state index contributed by atoms with van der Waals surface area (Å²) in [4.78, 5) is 0. The van der Waals surface area contributed by atoms with E-state index in [2.05, 4.69) is 0 Å². The molecule has 0 N–H and O–H groups in total. The molecule has 13 heavy (non-hydrogen) atoms. The van der Waals surface area contributed by atoms with Crippen LogP contribution in [0, 0.1) is 17.1 Å². The maximum Gasteiger partial charge on any atom is 0.131 e. The number of nitriles is 1. The molecule has 0 aromatic heterocycles. The van der Waals surface area contributed by atoms with Crippen molar-refractivity contribution in [2.75, 3.05) is 0 Å². The van der Waals surface area contributed by atoms with E-state index in [1.54, 1.807) is 18.2 Å². The van der Waals surface area contributed by atoms with Gasteiger partial charge in [-0.2, -0.15) is 5.26 Å². The maximum atomic E-state index is 13.2. The molecule has 1 aromatic carbocycles. The van der Waals surface area contributed by atoms with E-state index in [0.29, 0.717) is 11.1 Å². The topological polar surface area (TPSA) is 23.8 Å². The zero-order chi connectivity index (χ0) is 9.68. The average Bonchev–Trinajstić information content (AvgIpc) is 2.16. The summed E-state index contributed by atoms with van der Waals surface area (Å²) in [6.45, 7) is 1.98. The van der Waals surface area contributed by atoms with Gasteiger partial charge in [0.25, 0.3) is 0 Å². The van der Waals surface area contributed by atoms with Gasteiger partial charge in [0.1, 0.15) is 5.82 Å². The van der Waals surface area contributed by atoms with E-state index >= 15 is 0 Å². The minimum Gasteiger partial charge on any atom is -0.206 e. The van der Waals surface area contributed by atoms with Crippen LogP contribution in [0.25, 0.3) is 6.08 Å². The average molecular weight is 175 g/mol. The molecule has 0 heterocycles. The molecule has 0 unspecified atom stereocenters. The lowest BCUT2D eigenvalue weighted by Gasteiger charge is -1.96. The first-order valence-corrected chi connectivity index (χ1v) is 4.14. The van der Waals surface area contributed by atoms with Crippen molar-refractivity contribution in [3.63, 3.8) is 0 Å². The molecule has 0 amide bonds. The maximum absolute atomic E-state index is 13.2. The third kappa shape index (κ3) is 2.41. The van der Waals surface area contributed by atoms with Crippen molar-refractivity contribution in [3.8, 4) is 6.07 Å². The van der Waals surface area contributed by atoms with Gasteiger partial charge in [-0.1, -0.05) is 25.1 Å². The van der Waals surface area contributed by atoms with Gasteiger partial charge in [-0.05, 0) is 18.6 Å². The monoisotopic (exact) mass is 175 g/mol. The second-order valence-electron chi connectivity index (χ2n) is 2.66. The molecule has 0 fully saturated rings. The van der Waals surface area contributed by atoms with Crippen molar-refractivity contribution in [2.45, 2.75) is 13.3 Å². The molecule has 2 heteroatoms. The third-order valence-electron chi connectivity index (χ3n) is 1.66. The number of hydrogen-bond donors (Lipinski definition) is 0. The molecule has 0 bridgehead atoms. The molecule has 1 aromatic rings. The summed E-state index contributed by atoms with van der Waals surface area (Å²) >= 11 is 0. The van der Waals surface area contributed by atoms with Crippen LogP contribution in [0.3, 0.4) is 0 Å². The van der Waals surface area contributed by atoms with Crippen molar-refractivity contribution >= 4 is 6.08 Å². The van der Waals surface area contributed by atoms with Crippen LogP contribution in [-0.2, 0) is 0 Å². The van der Waals surface area contributed by atoms with Gasteiger partial charge in [-0.15, -0.1) is 0 Å². The summed E-state index contributed by atoms with van der Waals surface area (Å²) in [5.74, 6) is -0.344. The van der Waals surface area contributed by atoms with Gasteiger partial charge in [0.05, 0.1) is 11.6 Å². The number of hydrogen-bond acceptors (Lipinski definition) is 1. The molecule has 1 rings (SSSR count). The zero-order valence-corrected chi connectivity index (χ0v) is 7.42. The van der Waals surface area contributed by atoms with Crippen LogP contribution in [0.2, 0.25) is 0 Å².